The van der Waals surface area contributed by atoms with Crippen LogP contribution in [-0.4, -0.2) is 106 Å². The van der Waals surface area contributed by atoms with Gasteiger partial charge < -0.3 is 43.6 Å². The number of nitrogens with one attached hydrogen (secondary N) is 1. The molecule has 2 aromatic rings. The Hall–Kier alpha value is -4.55. The van der Waals surface area contributed by atoms with Gasteiger partial charge >= 0.3 is 11.9 Å². The first-order chi connectivity index (χ1) is 44.7. The van der Waals surface area contributed by atoms with Crippen LogP contribution in [0.2, 0.25) is 0 Å². The summed E-state index contributed by atoms with van der Waals surface area (Å²) in [6, 6.07) is 11.3. The van der Waals surface area contributed by atoms with E-state index in [9.17, 15) is 10.2 Å². The van der Waals surface area contributed by atoms with E-state index in [0.29, 0.717) is 79.9 Å². The predicted octanol–water partition coefficient (Wildman–Crippen LogP) is 10.1. The number of aryl methyl sites for hydroxylation is 1. The van der Waals surface area contributed by atoms with Crippen LogP contribution in [-0.2, 0) is 58.2 Å². The molecule has 92 heavy (non-hydrogen) atoms. The third kappa shape index (κ3) is 6.16. The molecule has 7 aliphatic heterocycles. The van der Waals surface area contributed by atoms with Crippen LogP contribution in [0.15, 0.2) is 77.1 Å². The van der Waals surface area contributed by atoms with Crippen molar-refractivity contribution in [2.75, 3.05) is 26.4 Å². The third-order valence-electron chi connectivity index (χ3n) is 33.0. The fourth-order valence-corrected chi connectivity index (χ4v) is 30.5. The number of aliphatic hydroxyl groups is 3. The third-order valence-corrected chi connectivity index (χ3v) is 33.0. The van der Waals surface area contributed by atoms with Gasteiger partial charge in [-0.25, -0.2) is 4.79 Å². The molecule has 13 nitrogen and oxygen atoms in total. The van der Waals surface area contributed by atoms with Gasteiger partial charge in [0.25, 0.3) is 0 Å². The predicted molar refractivity (Wildman–Crippen MR) is 336 cm³/mol. The van der Waals surface area contributed by atoms with Crippen LogP contribution in [0.25, 0.3) is 0 Å². The van der Waals surface area contributed by atoms with Gasteiger partial charge in [-0.2, -0.15) is 0 Å². The monoisotopic (exact) mass is 1250 g/mol. The zero-order valence-electron chi connectivity index (χ0n) is 53.9. The molecule has 0 amide bonds. The molecular weight excluding hydrogens is 1150 g/mol. The summed E-state index contributed by atoms with van der Waals surface area (Å²) < 4.78 is 38.7. The molecule has 8 spiro atoms. The average molecular weight is 1250 g/mol. The number of ether oxygens (including phenoxy) is 4. The number of carbonyl (C=O) groups is 3. The van der Waals surface area contributed by atoms with Crippen molar-refractivity contribution in [2.24, 2.45) is 128 Å². The number of ketones is 1. The molecule has 21 rings (SSSR count). The second-order valence-electron chi connectivity index (χ2n) is 35.1. The minimum atomic E-state index is -1.56. The van der Waals surface area contributed by atoms with Crippen LogP contribution in [0.1, 0.15) is 158 Å². The number of esters is 2. The first-order valence-electron chi connectivity index (χ1n) is 37.2. The summed E-state index contributed by atoms with van der Waals surface area (Å²) in [6.45, 7) is 6.37. The molecular formula is C79H94N2O11. The molecule has 0 radical (unpaired) electrons. The molecule has 12 aliphatic carbocycles. The van der Waals surface area contributed by atoms with Gasteiger partial charge in [-0.05, 0) is 221 Å². The smallest absolute Gasteiger partial charge is 0.339 e. The molecule has 4 N–H and O–H groups in total. The number of nitrogens with zero attached hydrogens (tertiary/aromatic N) is 1. The van der Waals surface area contributed by atoms with Gasteiger partial charge in [0.2, 0.25) is 0 Å². The maximum absolute atomic E-state index is 18.1. The minimum Gasteiger partial charge on any atom is -0.469 e. The first-order valence-corrected chi connectivity index (χ1v) is 37.2. The van der Waals surface area contributed by atoms with E-state index in [1.807, 2.05) is 6.26 Å². The maximum Gasteiger partial charge on any atom is 0.339 e. The fraction of sp³-hybridized carbons (Fsp3) is 0.734. The van der Waals surface area contributed by atoms with Gasteiger partial charge in [-0.1, -0.05) is 93.2 Å². The minimum absolute atomic E-state index is 0.0369. The van der Waals surface area contributed by atoms with Crippen LogP contribution < -0.4 is 5.32 Å². The molecule has 1 aromatic heterocycles. The highest BCUT2D eigenvalue weighted by Gasteiger charge is 3.01. The Balaban J connectivity index is 0.801. The SMILES string of the molecule is C[C@H]1[C@@H]2CCC[C@H]2C=C[C@]12CCC[C@]13O[C@]45C(=C[C@@H]21)C[C@H]1CCC[C@]12C[C@@H]1C[C@]6(C)[C@]78O[C@@H]7C(=O)O[C@@]67c6c(coc6C[C@@H]([C@H]6CC[C@H]9[C@H](C=CN%10CNC[C@H]9%10)C6)[C@H](O)CO)CC[C@H]7C#C[C@H]6CC[C@H](Cc7ccccc7)C[C@H]6[C@]86[C@H](O)C(=O)[C@H]3[C@@]4(COC(=O)[C@@H]25)[C@@H]16. The van der Waals surface area contributed by atoms with Gasteiger partial charge in [-0.3, -0.25) is 14.9 Å². The standard InChI is InChI=1S/C79H94N2O11/c1-42-54-13-6-11-45(54)22-27-72(42)25-8-26-75-61(72)33-53-32-52-12-7-24-73(52)36-50-35-71(2)77-51(20-17-49-39-88-60(62(49)77)34-56(59(83)38-82)47-18-21-55-48(31-47)23-28-81-41-80-37-58(55)81)19-16-46-15-14-44(29-43-9-4-3-5-10-43)30-57(46)76(79(71)68(90-79)70(87)91-77)64(50)74(65(75)63(84)67(76)85)40-89-69(86)66(73)78(53,74)92-75/h3-5,9-10,22-23,27-28,33,39,42,44-48,50-52,54-59,61,64-68,80,82-83,85H,6-8,11-15,17-18,20-21,24-26,29-32,34-38,40-41H2,1-2H3/t42-,44+,45-,46+,47-,48+,50-,51+,52+,54-,55-,56-,57+,58+,59+,61-,64+,65-,66-,67+,68+,71-,72+,73-,74+,75-,76-,77-,78-,79+/m0/s1. The van der Waals surface area contributed by atoms with Gasteiger partial charge in [-0.15, -0.1) is 0 Å². The van der Waals surface area contributed by atoms with Crippen molar-refractivity contribution in [2.45, 2.75) is 202 Å². The number of fused-ring (bicyclic) bond motifs is 7. The molecule has 30 atom stereocenters. The highest BCUT2D eigenvalue weighted by Crippen LogP contribution is 2.92. The van der Waals surface area contributed by atoms with Crippen molar-refractivity contribution in [1.29, 1.82) is 0 Å². The van der Waals surface area contributed by atoms with Gasteiger partial charge in [0.1, 0.15) is 29.7 Å². The molecule has 19 aliphatic rings. The Bertz CT molecular complexity index is 3710. The number of carbonyl (C=O) groups excluding carboxylic acids is 3. The zero-order valence-corrected chi connectivity index (χ0v) is 53.9. The molecule has 14 fully saturated rings. The average Bonchev–Trinajstić information content (AvgIpc) is 1.40. The van der Waals surface area contributed by atoms with Crippen LogP contribution in [0, 0.1) is 140 Å². The zero-order chi connectivity index (χ0) is 61.6. The highest BCUT2D eigenvalue weighted by atomic mass is 16.7. The van der Waals surface area contributed by atoms with Crippen LogP contribution in [0.3, 0.4) is 0 Å². The Morgan fingerprint density at radius 1 is 0.880 bits per heavy atom. The number of rotatable bonds is 7. The fourth-order valence-electron chi connectivity index (χ4n) is 30.5. The van der Waals surface area contributed by atoms with E-state index < -0.39 is 97.9 Å². The van der Waals surface area contributed by atoms with E-state index >= 15 is 19.5 Å². The lowest BCUT2D eigenvalue weighted by molar-refractivity contribution is -0.320. The van der Waals surface area contributed by atoms with Crippen molar-refractivity contribution in [3.63, 3.8) is 0 Å². The number of hydrogen-bond acceptors (Lipinski definition) is 13. The summed E-state index contributed by atoms with van der Waals surface area (Å²) in [5.41, 5.74) is -5.17. The lowest BCUT2D eigenvalue weighted by atomic mass is 9.28. The molecule has 1 aromatic carbocycles. The number of aliphatic hydroxyl groups excluding tert-OH is 3. The Kier molecular flexibility index (Phi) is 11.4. The quantitative estimate of drug-likeness (QED) is 0.0891. The van der Waals surface area contributed by atoms with E-state index in [1.54, 1.807) is 0 Å². The largest absolute Gasteiger partial charge is 0.469 e. The second kappa shape index (κ2) is 18.6. The first kappa shape index (κ1) is 56.6. The highest BCUT2D eigenvalue weighted by molar-refractivity contribution is 5.94. The summed E-state index contributed by atoms with van der Waals surface area (Å²) in [5, 5.41) is 42.4. The molecule has 5 saturated heterocycles. The van der Waals surface area contributed by atoms with Crippen LogP contribution in [0.4, 0.5) is 0 Å². The summed E-state index contributed by atoms with van der Waals surface area (Å²) in [6.07, 6.45) is 29.7. The Labute approximate surface area is 541 Å². The van der Waals surface area contributed by atoms with Crippen molar-refractivity contribution >= 4 is 17.7 Å². The number of cyclic esters (lactones) is 1. The lowest BCUT2D eigenvalue weighted by Gasteiger charge is -2.74. The number of hydrogen-bond donors (Lipinski definition) is 4. The van der Waals surface area contributed by atoms with E-state index in [1.165, 1.54) is 30.4 Å². The normalized spacial score (nSPS) is 54.4. The van der Waals surface area contributed by atoms with E-state index in [4.69, 9.17) is 23.4 Å². The van der Waals surface area contributed by atoms with Gasteiger partial charge in [0.05, 0.1) is 54.4 Å². The van der Waals surface area contributed by atoms with Crippen molar-refractivity contribution in [3.8, 4) is 11.8 Å². The van der Waals surface area contributed by atoms with Crippen molar-refractivity contribution < 1.29 is 53.1 Å². The van der Waals surface area contributed by atoms with E-state index in [-0.39, 0.29) is 71.8 Å². The Morgan fingerprint density at radius 2 is 1.77 bits per heavy atom. The van der Waals surface area contributed by atoms with Gasteiger partial charge in [0.15, 0.2) is 17.5 Å². The summed E-state index contributed by atoms with van der Waals surface area (Å²) in [7, 11) is 0. The number of Topliss-reactive ketones (excluding diaryl/α,β-unsaturated/α-hetero) is 1. The van der Waals surface area contributed by atoms with Crippen LogP contribution >= 0.6 is 0 Å². The summed E-state index contributed by atoms with van der Waals surface area (Å²) >= 11 is 0. The number of epoxide rings is 1. The molecule has 8 heterocycles. The van der Waals surface area contributed by atoms with E-state index in [2.05, 4.69) is 96.7 Å². The van der Waals surface area contributed by atoms with Crippen molar-refractivity contribution in [3.05, 3.63) is 95.1 Å². The van der Waals surface area contributed by atoms with Gasteiger partial charge in [0, 0.05) is 52.7 Å². The molecule has 9 saturated carbocycles. The van der Waals surface area contributed by atoms with E-state index in [0.717, 1.165) is 108 Å². The molecule has 0 unspecified atom stereocenters. The lowest BCUT2D eigenvalue weighted by Crippen LogP contribution is -2.84. The Morgan fingerprint density at radius 3 is 2.65 bits per heavy atom. The van der Waals surface area contributed by atoms with Crippen molar-refractivity contribution in [1.82, 2.24) is 10.2 Å². The number of benzene rings is 1. The van der Waals surface area contributed by atoms with Crippen LogP contribution in [0.5, 0.6) is 0 Å². The topological polar surface area (TPSA) is 181 Å². The molecule has 486 valence electrons. The molecule has 9 bridgehead atoms. The number of furan rings is 1. The molecule has 13 heteroatoms. The number of allylic oxidation sites excluding steroid dienone is 3. The maximum atomic E-state index is 18.1. The second-order valence-corrected chi connectivity index (χ2v) is 35.1. The summed E-state index contributed by atoms with van der Waals surface area (Å²) in [4.78, 5) is 53.2. The summed E-state index contributed by atoms with van der Waals surface area (Å²) in [5.74, 6) is 7.16.